The van der Waals surface area contributed by atoms with Crippen LogP contribution in [0.5, 0.6) is 0 Å². The van der Waals surface area contributed by atoms with Crippen molar-refractivity contribution in [1.82, 2.24) is 14.5 Å². The van der Waals surface area contributed by atoms with Crippen LogP contribution in [-0.2, 0) is 0 Å². The first-order valence-corrected chi connectivity index (χ1v) is 17.3. The highest BCUT2D eigenvalue weighted by Gasteiger charge is 2.25. The molecule has 0 fully saturated rings. The standard InChI is InChI=1S/C46H25N3O3/c1-2-12-26(13-3-1)49-33-19-7-4-14-27(33)41-34(49)25-24-32-43-45(52-44(32)41)42(30-17-10-22-37-39(30)28-15-5-8-20-35(28)50-37)47-46(48-43)31-18-11-23-38-40(31)29-16-6-9-21-36(29)51-38/h1-25H. The Morgan fingerprint density at radius 2 is 1.00 bits per heavy atom. The van der Waals surface area contributed by atoms with E-state index in [9.17, 15) is 0 Å². The third-order valence-corrected chi connectivity index (χ3v) is 10.4. The van der Waals surface area contributed by atoms with Gasteiger partial charge < -0.3 is 17.8 Å². The number of nitrogens with zero attached hydrogens (tertiary/aromatic N) is 3. The first-order chi connectivity index (χ1) is 25.8. The molecule has 0 amide bonds. The normalized spacial score (nSPS) is 12.2. The molecule has 12 rings (SSSR count). The van der Waals surface area contributed by atoms with Crippen LogP contribution in [0.15, 0.2) is 165 Å². The SMILES string of the molecule is c1ccc(-n2c3ccccc3c3c4oc5c(-c6cccc7oc8ccccc8c67)nc(-c6cccc7oc8ccccc8c67)nc5c4ccc32)cc1. The Labute approximate surface area is 294 Å². The minimum atomic E-state index is 0.596. The number of benzene rings is 7. The van der Waals surface area contributed by atoms with E-state index < -0.39 is 0 Å². The number of rotatable bonds is 3. The minimum Gasteiger partial charge on any atom is -0.456 e. The van der Waals surface area contributed by atoms with E-state index in [1.54, 1.807) is 0 Å². The molecule has 242 valence electrons. The predicted octanol–water partition coefficient (Wildman–Crippen LogP) is 12.6. The predicted molar refractivity (Wildman–Crippen MR) is 209 cm³/mol. The molecule has 0 aliphatic carbocycles. The molecule has 0 atom stereocenters. The summed E-state index contributed by atoms with van der Waals surface area (Å²) in [5, 5.41) is 7.09. The summed E-state index contributed by atoms with van der Waals surface area (Å²) in [4.78, 5) is 10.8. The summed E-state index contributed by atoms with van der Waals surface area (Å²) < 4.78 is 22.1. The Morgan fingerprint density at radius 3 is 1.75 bits per heavy atom. The van der Waals surface area contributed by atoms with Crippen LogP contribution in [0.2, 0.25) is 0 Å². The summed E-state index contributed by atoms with van der Waals surface area (Å²) in [6, 6.07) is 51.8. The molecule has 0 saturated carbocycles. The number of furan rings is 3. The Balaban J connectivity index is 1.25. The van der Waals surface area contributed by atoms with Crippen LogP contribution < -0.4 is 0 Å². The van der Waals surface area contributed by atoms with Gasteiger partial charge in [-0.05, 0) is 54.6 Å². The van der Waals surface area contributed by atoms with Gasteiger partial charge in [0.15, 0.2) is 11.4 Å². The van der Waals surface area contributed by atoms with Crippen molar-refractivity contribution >= 4 is 87.8 Å². The number of para-hydroxylation sites is 4. The second-order valence-corrected chi connectivity index (χ2v) is 13.3. The van der Waals surface area contributed by atoms with Crippen molar-refractivity contribution in [1.29, 1.82) is 0 Å². The molecule has 5 aromatic heterocycles. The number of hydrogen-bond acceptors (Lipinski definition) is 5. The maximum absolute atomic E-state index is 7.09. The maximum atomic E-state index is 7.09. The molecule has 52 heavy (non-hydrogen) atoms. The van der Waals surface area contributed by atoms with Gasteiger partial charge in [0, 0.05) is 49.1 Å². The molecule has 0 bridgehead atoms. The summed E-state index contributed by atoms with van der Waals surface area (Å²) in [5.74, 6) is 0.596. The van der Waals surface area contributed by atoms with Crippen LogP contribution in [0.3, 0.4) is 0 Å². The highest BCUT2D eigenvalue weighted by Crippen LogP contribution is 2.45. The van der Waals surface area contributed by atoms with Gasteiger partial charge in [-0.25, -0.2) is 9.97 Å². The van der Waals surface area contributed by atoms with Crippen LogP contribution in [0.25, 0.3) is 116 Å². The highest BCUT2D eigenvalue weighted by molar-refractivity contribution is 6.25. The zero-order chi connectivity index (χ0) is 33.9. The van der Waals surface area contributed by atoms with Crippen molar-refractivity contribution < 1.29 is 13.3 Å². The van der Waals surface area contributed by atoms with E-state index in [2.05, 4.69) is 89.5 Å². The fourth-order valence-corrected chi connectivity index (χ4v) is 8.24. The van der Waals surface area contributed by atoms with Gasteiger partial charge in [0.25, 0.3) is 0 Å². The molecule has 0 N–H and O–H groups in total. The lowest BCUT2D eigenvalue weighted by molar-refractivity contribution is 0.668. The largest absolute Gasteiger partial charge is 0.456 e. The molecule has 6 nitrogen and oxygen atoms in total. The molecule has 6 heteroatoms. The highest BCUT2D eigenvalue weighted by atomic mass is 16.3. The van der Waals surface area contributed by atoms with Gasteiger partial charge in [-0.15, -0.1) is 0 Å². The number of aromatic nitrogens is 3. The lowest BCUT2D eigenvalue weighted by atomic mass is 10.0. The van der Waals surface area contributed by atoms with Gasteiger partial charge in [0.2, 0.25) is 0 Å². The van der Waals surface area contributed by atoms with E-state index >= 15 is 0 Å². The quantitative estimate of drug-likeness (QED) is 0.188. The molecule has 12 aromatic rings. The lowest BCUT2D eigenvalue weighted by Crippen LogP contribution is -1.95. The first kappa shape index (κ1) is 27.6. The fraction of sp³-hybridized carbons (Fsp3) is 0. The Hall–Kier alpha value is -7.18. The van der Waals surface area contributed by atoms with Gasteiger partial charge in [-0.3, -0.25) is 0 Å². The van der Waals surface area contributed by atoms with Crippen LogP contribution >= 0.6 is 0 Å². The average Bonchev–Trinajstić information content (AvgIpc) is 3.96. The number of fused-ring (bicyclic) bond motifs is 13. The monoisotopic (exact) mass is 667 g/mol. The van der Waals surface area contributed by atoms with E-state index in [0.29, 0.717) is 17.1 Å². The second kappa shape index (κ2) is 10.2. The Morgan fingerprint density at radius 1 is 0.385 bits per heavy atom. The van der Waals surface area contributed by atoms with Crippen LogP contribution in [0.4, 0.5) is 0 Å². The van der Waals surface area contributed by atoms with Crippen molar-refractivity contribution in [2.45, 2.75) is 0 Å². The molecule has 0 unspecified atom stereocenters. The lowest BCUT2D eigenvalue weighted by Gasteiger charge is -2.08. The van der Waals surface area contributed by atoms with Crippen LogP contribution in [0.1, 0.15) is 0 Å². The zero-order valence-corrected chi connectivity index (χ0v) is 27.5. The van der Waals surface area contributed by atoms with Crippen molar-refractivity contribution in [3.05, 3.63) is 152 Å². The molecule has 0 saturated heterocycles. The smallest absolute Gasteiger partial charge is 0.180 e. The topological polar surface area (TPSA) is 70.1 Å². The third kappa shape index (κ3) is 3.67. The van der Waals surface area contributed by atoms with E-state index in [1.807, 2.05) is 66.7 Å². The summed E-state index contributed by atoms with van der Waals surface area (Å²) in [5.41, 5.74) is 11.2. The molecule has 0 spiro atoms. The van der Waals surface area contributed by atoms with E-state index in [0.717, 1.165) is 99.0 Å². The molecule has 0 aliphatic rings. The van der Waals surface area contributed by atoms with Crippen LogP contribution in [-0.4, -0.2) is 14.5 Å². The van der Waals surface area contributed by atoms with E-state index in [1.165, 1.54) is 0 Å². The Bertz CT molecular complexity index is 3420. The van der Waals surface area contributed by atoms with Gasteiger partial charge in [0.05, 0.1) is 16.4 Å². The summed E-state index contributed by atoms with van der Waals surface area (Å²) in [7, 11) is 0. The molecule has 7 aromatic carbocycles. The first-order valence-electron chi connectivity index (χ1n) is 17.3. The number of hydrogen-bond donors (Lipinski definition) is 0. The van der Waals surface area contributed by atoms with Gasteiger partial charge in [-0.2, -0.15) is 0 Å². The van der Waals surface area contributed by atoms with E-state index in [4.69, 9.17) is 23.2 Å². The minimum absolute atomic E-state index is 0.596. The molecular weight excluding hydrogens is 643 g/mol. The van der Waals surface area contributed by atoms with Gasteiger partial charge >= 0.3 is 0 Å². The van der Waals surface area contributed by atoms with Crippen molar-refractivity contribution in [2.75, 3.05) is 0 Å². The molecular formula is C46H25N3O3. The molecule has 0 aliphatic heterocycles. The van der Waals surface area contributed by atoms with Crippen molar-refractivity contribution in [3.63, 3.8) is 0 Å². The summed E-state index contributed by atoms with van der Waals surface area (Å²) in [6.07, 6.45) is 0. The van der Waals surface area contributed by atoms with Crippen molar-refractivity contribution in [3.8, 4) is 28.3 Å². The van der Waals surface area contributed by atoms with Crippen molar-refractivity contribution in [2.24, 2.45) is 0 Å². The van der Waals surface area contributed by atoms with E-state index in [-0.39, 0.29) is 0 Å². The summed E-state index contributed by atoms with van der Waals surface area (Å²) >= 11 is 0. The van der Waals surface area contributed by atoms with Gasteiger partial charge in [0.1, 0.15) is 39.1 Å². The second-order valence-electron chi connectivity index (χ2n) is 13.3. The summed E-state index contributed by atoms with van der Waals surface area (Å²) in [6.45, 7) is 0. The fourth-order valence-electron chi connectivity index (χ4n) is 8.24. The third-order valence-electron chi connectivity index (χ3n) is 10.4. The van der Waals surface area contributed by atoms with Crippen LogP contribution in [0, 0.1) is 0 Å². The zero-order valence-electron chi connectivity index (χ0n) is 27.5. The molecule has 0 radical (unpaired) electrons. The Kier molecular flexibility index (Phi) is 5.41. The van der Waals surface area contributed by atoms with Gasteiger partial charge in [-0.1, -0.05) is 97.1 Å². The average molecular weight is 668 g/mol. The molecule has 5 heterocycles. The maximum Gasteiger partial charge on any atom is 0.180 e.